The van der Waals surface area contributed by atoms with Crippen molar-refractivity contribution in [3.63, 3.8) is 0 Å². The van der Waals surface area contributed by atoms with Crippen LogP contribution in [0.3, 0.4) is 0 Å². The van der Waals surface area contributed by atoms with Crippen LogP contribution in [0.1, 0.15) is 5.56 Å². The third kappa shape index (κ3) is 5.63. The Morgan fingerprint density at radius 2 is 1.81 bits per heavy atom. The number of hydrogen-bond acceptors (Lipinski definition) is 3. The van der Waals surface area contributed by atoms with Crippen LogP contribution in [0.4, 0.5) is 23.7 Å². The average molecular weight is 381 g/mol. The number of likely N-dealkylation sites (N-methyl/N-ethyl adjacent to an activating group) is 1. The molecule has 0 fully saturated rings. The fourth-order valence-corrected chi connectivity index (χ4v) is 1.99. The van der Waals surface area contributed by atoms with Crippen LogP contribution in [0.5, 0.6) is 5.75 Å². The van der Waals surface area contributed by atoms with Crippen LogP contribution in [0.25, 0.3) is 0 Å². The predicted molar refractivity (Wildman–Crippen MR) is 92.8 cm³/mol. The summed E-state index contributed by atoms with van der Waals surface area (Å²) < 4.78 is 44.9. The van der Waals surface area contributed by atoms with E-state index in [1.54, 1.807) is 38.4 Å². The monoisotopic (exact) mass is 381 g/mol. The first-order chi connectivity index (χ1) is 12.8. The molecule has 0 aliphatic carbocycles. The molecule has 0 saturated carbocycles. The molecule has 2 N–H and O–H groups in total. The number of amides is 3. The molecule has 6 nitrogen and oxygen atoms in total. The molecule has 0 atom stereocenters. The molecule has 0 heterocycles. The number of urea groups is 1. The second kappa shape index (κ2) is 8.93. The maximum atomic E-state index is 13.5. The third-order valence-electron chi connectivity index (χ3n) is 3.50. The number of carbonyl (C=O) groups excluding carboxylic acids is 2. The number of hydrogen-bond donors (Lipinski definition) is 2. The summed E-state index contributed by atoms with van der Waals surface area (Å²) in [6.45, 7) is -0.0598. The van der Waals surface area contributed by atoms with E-state index in [1.807, 2.05) is 0 Å². The van der Waals surface area contributed by atoms with Gasteiger partial charge in [0, 0.05) is 20.6 Å². The topological polar surface area (TPSA) is 70.7 Å². The zero-order chi connectivity index (χ0) is 20.0. The van der Waals surface area contributed by atoms with Gasteiger partial charge in [-0.05, 0) is 29.8 Å². The number of ether oxygens (including phenoxy) is 1. The number of halogens is 3. The number of anilines is 1. The number of nitrogens with zero attached hydrogens (tertiary/aromatic N) is 1. The summed E-state index contributed by atoms with van der Waals surface area (Å²) in [4.78, 5) is 24.7. The smallest absolute Gasteiger partial charge is 0.319 e. The van der Waals surface area contributed by atoms with E-state index in [1.165, 1.54) is 4.90 Å². The molecule has 3 amide bonds. The molecular weight excluding hydrogens is 363 g/mol. The van der Waals surface area contributed by atoms with Gasteiger partial charge >= 0.3 is 6.03 Å². The van der Waals surface area contributed by atoms with Crippen LogP contribution >= 0.6 is 0 Å². The predicted octanol–water partition coefficient (Wildman–Crippen LogP) is 2.89. The lowest BCUT2D eigenvalue weighted by atomic mass is 10.2. The average Bonchev–Trinajstić information content (AvgIpc) is 2.65. The van der Waals surface area contributed by atoms with E-state index >= 15 is 0 Å². The van der Waals surface area contributed by atoms with Crippen LogP contribution in [-0.4, -0.2) is 37.5 Å². The second-order valence-electron chi connectivity index (χ2n) is 5.75. The summed E-state index contributed by atoms with van der Waals surface area (Å²) in [5.74, 6) is -4.25. The summed E-state index contributed by atoms with van der Waals surface area (Å²) in [5.41, 5.74) is 0.177. The van der Waals surface area contributed by atoms with Crippen molar-refractivity contribution in [3.05, 3.63) is 59.4 Å². The fourth-order valence-electron chi connectivity index (χ4n) is 1.99. The minimum atomic E-state index is -1.66. The maximum Gasteiger partial charge on any atom is 0.319 e. The SMILES string of the molecule is CN(C)C(=O)COc1cccc(CNC(=O)Nc2ccc(F)c(F)c2F)c1. The van der Waals surface area contributed by atoms with Gasteiger partial charge in [-0.2, -0.15) is 0 Å². The Morgan fingerprint density at radius 1 is 1.07 bits per heavy atom. The van der Waals surface area contributed by atoms with Gasteiger partial charge in [-0.3, -0.25) is 4.79 Å². The van der Waals surface area contributed by atoms with E-state index in [0.29, 0.717) is 17.4 Å². The molecule has 0 aliphatic rings. The van der Waals surface area contributed by atoms with E-state index in [2.05, 4.69) is 10.6 Å². The Bertz CT molecular complexity index is 844. The van der Waals surface area contributed by atoms with Crippen LogP contribution in [-0.2, 0) is 11.3 Å². The first-order valence-electron chi connectivity index (χ1n) is 7.88. The van der Waals surface area contributed by atoms with E-state index in [0.717, 1.165) is 6.07 Å². The quantitative estimate of drug-likeness (QED) is 0.756. The van der Waals surface area contributed by atoms with Crippen LogP contribution in [0.15, 0.2) is 36.4 Å². The summed E-state index contributed by atoms with van der Waals surface area (Å²) >= 11 is 0. The highest BCUT2D eigenvalue weighted by Gasteiger charge is 2.15. The van der Waals surface area contributed by atoms with Crippen molar-refractivity contribution in [1.29, 1.82) is 0 Å². The van der Waals surface area contributed by atoms with Gasteiger partial charge in [-0.15, -0.1) is 0 Å². The van der Waals surface area contributed by atoms with Crippen LogP contribution < -0.4 is 15.4 Å². The molecule has 0 unspecified atom stereocenters. The molecule has 2 aromatic rings. The summed E-state index contributed by atoms with van der Waals surface area (Å²) in [5, 5.41) is 4.56. The van der Waals surface area contributed by atoms with E-state index in [9.17, 15) is 22.8 Å². The Balaban J connectivity index is 1.91. The number of rotatable bonds is 6. The largest absolute Gasteiger partial charge is 0.484 e. The molecule has 27 heavy (non-hydrogen) atoms. The minimum Gasteiger partial charge on any atom is -0.484 e. The molecule has 9 heteroatoms. The Labute approximate surface area is 153 Å². The highest BCUT2D eigenvalue weighted by Crippen LogP contribution is 2.19. The van der Waals surface area contributed by atoms with Crippen LogP contribution in [0.2, 0.25) is 0 Å². The summed E-state index contributed by atoms with van der Waals surface area (Å²) in [7, 11) is 3.22. The van der Waals surface area contributed by atoms with Gasteiger partial charge in [-0.25, -0.2) is 18.0 Å². The molecule has 0 aliphatic heterocycles. The van der Waals surface area contributed by atoms with Crippen molar-refractivity contribution in [2.45, 2.75) is 6.54 Å². The zero-order valence-corrected chi connectivity index (χ0v) is 14.7. The van der Waals surface area contributed by atoms with E-state index in [4.69, 9.17) is 4.74 Å². The number of nitrogens with one attached hydrogen (secondary N) is 2. The highest BCUT2D eigenvalue weighted by atomic mass is 19.2. The lowest BCUT2D eigenvalue weighted by molar-refractivity contribution is -0.130. The lowest BCUT2D eigenvalue weighted by Crippen LogP contribution is -2.29. The molecule has 0 aromatic heterocycles. The van der Waals surface area contributed by atoms with Crippen molar-refractivity contribution < 1.29 is 27.5 Å². The van der Waals surface area contributed by atoms with Crippen molar-refractivity contribution in [2.24, 2.45) is 0 Å². The molecule has 2 rings (SSSR count). The molecule has 0 radical (unpaired) electrons. The third-order valence-corrected chi connectivity index (χ3v) is 3.50. The Hall–Kier alpha value is -3.23. The highest BCUT2D eigenvalue weighted by molar-refractivity contribution is 5.89. The standard InChI is InChI=1S/C18H18F3N3O3/c1-24(2)15(25)10-27-12-5-3-4-11(8-12)9-22-18(26)23-14-7-6-13(19)16(20)17(14)21/h3-8H,9-10H2,1-2H3,(H2,22,23,26). The number of benzene rings is 2. The summed E-state index contributed by atoms with van der Waals surface area (Å²) in [6.07, 6.45) is 0. The van der Waals surface area contributed by atoms with Gasteiger partial charge in [0.15, 0.2) is 24.1 Å². The van der Waals surface area contributed by atoms with E-state index in [-0.39, 0.29) is 19.1 Å². The molecule has 0 saturated heterocycles. The van der Waals surface area contributed by atoms with Gasteiger partial charge in [0.05, 0.1) is 5.69 Å². The van der Waals surface area contributed by atoms with Crippen molar-refractivity contribution >= 4 is 17.6 Å². The maximum absolute atomic E-state index is 13.5. The van der Waals surface area contributed by atoms with Gasteiger partial charge in [0.2, 0.25) is 0 Å². The molecule has 0 bridgehead atoms. The normalized spacial score (nSPS) is 10.3. The first-order valence-corrected chi connectivity index (χ1v) is 7.88. The summed E-state index contributed by atoms with van der Waals surface area (Å²) in [6, 6.07) is 7.50. The Morgan fingerprint density at radius 3 is 2.52 bits per heavy atom. The van der Waals surface area contributed by atoms with Gasteiger partial charge in [-0.1, -0.05) is 12.1 Å². The van der Waals surface area contributed by atoms with Crippen molar-refractivity contribution in [3.8, 4) is 5.75 Å². The first kappa shape index (κ1) is 20.1. The lowest BCUT2D eigenvalue weighted by Gasteiger charge is -2.12. The Kier molecular flexibility index (Phi) is 6.64. The zero-order valence-electron chi connectivity index (χ0n) is 14.7. The molecule has 2 aromatic carbocycles. The second-order valence-corrected chi connectivity index (χ2v) is 5.75. The molecular formula is C18H18F3N3O3. The van der Waals surface area contributed by atoms with Gasteiger partial charge < -0.3 is 20.3 Å². The van der Waals surface area contributed by atoms with Gasteiger partial charge in [0.25, 0.3) is 5.91 Å². The van der Waals surface area contributed by atoms with E-state index < -0.39 is 29.2 Å². The fraction of sp³-hybridized carbons (Fsp3) is 0.222. The van der Waals surface area contributed by atoms with Crippen LogP contribution in [0, 0.1) is 17.5 Å². The minimum absolute atomic E-state index is 0.0654. The van der Waals surface area contributed by atoms with Crippen molar-refractivity contribution in [1.82, 2.24) is 10.2 Å². The number of carbonyl (C=O) groups is 2. The van der Waals surface area contributed by atoms with Crippen molar-refractivity contribution in [2.75, 3.05) is 26.0 Å². The molecule has 144 valence electrons. The van der Waals surface area contributed by atoms with Gasteiger partial charge in [0.1, 0.15) is 5.75 Å². The molecule has 0 spiro atoms.